The first-order valence-corrected chi connectivity index (χ1v) is 10.9. The van der Waals surface area contributed by atoms with Crippen molar-refractivity contribution in [1.29, 1.82) is 0 Å². The highest BCUT2D eigenvalue weighted by Crippen LogP contribution is 2.27. The van der Waals surface area contributed by atoms with Gasteiger partial charge in [0, 0.05) is 30.5 Å². The second-order valence-corrected chi connectivity index (χ2v) is 8.54. The minimum Gasteiger partial charge on any atom is -0.495 e. The van der Waals surface area contributed by atoms with E-state index in [9.17, 15) is 13.2 Å². The Hall–Kier alpha value is -2.45. The Morgan fingerprint density at radius 3 is 2.54 bits per heavy atom. The lowest BCUT2D eigenvalue weighted by Crippen LogP contribution is -2.36. The Labute approximate surface area is 165 Å². The van der Waals surface area contributed by atoms with Crippen LogP contribution in [0, 0.1) is 0 Å². The highest BCUT2D eigenvalue weighted by atomic mass is 32.2. The summed E-state index contributed by atoms with van der Waals surface area (Å²) in [5.74, 6) is -0.137. The number of ether oxygens (including phenoxy) is 1. The van der Waals surface area contributed by atoms with E-state index in [1.807, 2.05) is 0 Å². The van der Waals surface area contributed by atoms with Crippen molar-refractivity contribution in [2.75, 3.05) is 7.11 Å². The molecule has 150 valence electrons. The molecule has 2 N–H and O–H groups in total. The molecule has 1 amide bonds. The van der Waals surface area contributed by atoms with Crippen molar-refractivity contribution in [2.24, 2.45) is 0 Å². The summed E-state index contributed by atoms with van der Waals surface area (Å²) >= 11 is 0. The molecule has 1 aromatic heterocycles. The molecular weight excluding hydrogens is 378 g/mol. The molecule has 8 heteroatoms. The first-order chi connectivity index (χ1) is 13.5. The molecule has 1 fully saturated rings. The van der Waals surface area contributed by atoms with Crippen LogP contribution in [-0.2, 0) is 16.6 Å². The van der Waals surface area contributed by atoms with Crippen LogP contribution in [0.15, 0.2) is 47.6 Å². The van der Waals surface area contributed by atoms with Crippen LogP contribution in [0.2, 0.25) is 0 Å². The van der Waals surface area contributed by atoms with Crippen LogP contribution >= 0.6 is 0 Å². The highest BCUT2D eigenvalue weighted by molar-refractivity contribution is 7.89. The van der Waals surface area contributed by atoms with Crippen LogP contribution in [-0.4, -0.2) is 32.5 Å². The van der Waals surface area contributed by atoms with Crippen molar-refractivity contribution in [3.8, 4) is 5.75 Å². The van der Waals surface area contributed by atoms with Crippen LogP contribution in [0.25, 0.3) is 0 Å². The Balaban J connectivity index is 1.77. The number of hydrogen-bond acceptors (Lipinski definition) is 5. The van der Waals surface area contributed by atoms with Crippen LogP contribution in [0.1, 0.15) is 48.0 Å². The van der Waals surface area contributed by atoms with Gasteiger partial charge in [0.1, 0.15) is 10.6 Å². The van der Waals surface area contributed by atoms with Crippen molar-refractivity contribution in [3.63, 3.8) is 0 Å². The highest BCUT2D eigenvalue weighted by Gasteiger charge is 2.26. The summed E-state index contributed by atoms with van der Waals surface area (Å²) in [5, 5.41) is 2.79. The number of sulfonamides is 1. The largest absolute Gasteiger partial charge is 0.495 e. The molecule has 1 aliphatic carbocycles. The number of nitrogens with one attached hydrogen (secondary N) is 2. The van der Waals surface area contributed by atoms with Gasteiger partial charge in [0.25, 0.3) is 5.91 Å². The normalized spacial score (nSPS) is 15.2. The summed E-state index contributed by atoms with van der Waals surface area (Å²) in [7, 11) is -2.37. The third-order valence-electron chi connectivity index (χ3n) is 4.84. The fourth-order valence-electron chi connectivity index (χ4n) is 3.32. The smallest absolute Gasteiger partial charge is 0.251 e. The van der Waals surface area contributed by atoms with Crippen molar-refractivity contribution in [2.45, 2.75) is 49.6 Å². The molecule has 0 radical (unpaired) electrons. The van der Waals surface area contributed by atoms with Gasteiger partial charge in [-0.2, -0.15) is 0 Å². The SMILES string of the molecule is COc1ccc(C(=O)NCc2ccncc2)cc1S(=O)(=O)NC1CCCCC1. The molecule has 1 saturated carbocycles. The summed E-state index contributed by atoms with van der Waals surface area (Å²) in [6, 6.07) is 7.96. The molecular formula is C20H25N3O4S. The van der Waals surface area contributed by atoms with Gasteiger partial charge in [-0.1, -0.05) is 19.3 Å². The van der Waals surface area contributed by atoms with Gasteiger partial charge in [-0.05, 0) is 48.7 Å². The van der Waals surface area contributed by atoms with Gasteiger partial charge in [0.05, 0.1) is 7.11 Å². The monoisotopic (exact) mass is 403 g/mol. The van der Waals surface area contributed by atoms with Crippen LogP contribution in [0.3, 0.4) is 0 Å². The number of pyridine rings is 1. The summed E-state index contributed by atoms with van der Waals surface area (Å²) in [5.41, 5.74) is 1.17. The Bertz CT molecular complexity index is 910. The maximum atomic E-state index is 12.9. The molecule has 1 heterocycles. The standard InChI is InChI=1S/C20H25N3O4S/c1-27-18-8-7-16(20(24)22-14-15-9-11-21-12-10-15)13-19(18)28(25,26)23-17-5-3-2-4-6-17/h7-13,17,23H,2-6,14H2,1H3,(H,22,24). The summed E-state index contributed by atoms with van der Waals surface area (Å²) < 4.78 is 33.8. The van der Waals surface area contributed by atoms with Crippen molar-refractivity contribution >= 4 is 15.9 Å². The molecule has 0 unspecified atom stereocenters. The molecule has 1 aromatic carbocycles. The summed E-state index contributed by atoms with van der Waals surface area (Å²) in [4.78, 5) is 16.4. The van der Waals surface area contributed by atoms with Crippen LogP contribution in [0.4, 0.5) is 0 Å². The molecule has 0 atom stereocenters. The van der Waals surface area contributed by atoms with Crippen LogP contribution in [0.5, 0.6) is 5.75 Å². The van der Waals surface area contributed by atoms with E-state index in [0.29, 0.717) is 6.54 Å². The molecule has 0 saturated heterocycles. The third kappa shape index (κ3) is 5.08. The molecule has 1 aliphatic rings. The van der Waals surface area contributed by atoms with Crippen molar-refractivity contribution < 1.29 is 17.9 Å². The van der Waals surface area contributed by atoms with E-state index in [0.717, 1.165) is 37.7 Å². The van der Waals surface area contributed by atoms with E-state index in [2.05, 4.69) is 15.0 Å². The van der Waals surface area contributed by atoms with Gasteiger partial charge in [0.15, 0.2) is 0 Å². The molecule has 28 heavy (non-hydrogen) atoms. The maximum Gasteiger partial charge on any atom is 0.251 e. The van der Waals surface area contributed by atoms with E-state index in [1.54, 1.807) is 30.6 Å². The molecule has 0 aliphatic heterocycles. The number of amides is 1. The number of hydrogen-bond donors (Lipinski definition) is 2. The van der Waals surface area contributed by atoms with Gasteiger partial charge in [-0.15, -0.1) is 0 Å². The Morgan fingerprint density at radius 1 is 1.14 bits per heavy atom. The number of methoxy groups -OCH3 is 1. The molecule has 0 bridgehead atoms. The lowest BCUT2D eigenvalue weighted by Gasteiger charge is -2.23. The summed E-state index contributed by atoms with van der Waals surface area (Å²) in [6.45, 7) is 0.329. The van der Waals surface area contributed by atoms with Crippen molar-refractivity contribution in [3.05, 3.63) is 53.9 Å². The second kappa shape index (κ2) is 9.16. The Kier molecular flexibility index (Phi) is 6.64. The second-order valence-electron chi connectivity index (χ2n) is 6.86. The molecule has 2 aromatic rings. The third-order valence-corrected chi connectivity index (χ3v) is 6.39. The number of benzene rings is 1. The molecule has 0 spiro atoms. The average Bonchev–Trinajstić information content (AvgIpc) is 2.72. The topological polar surface area (TPSA) is 97.4 Å². The lowest BCUT2D eigenvalue weighted by atomic mass is 9.96. The van der Waals surface area contributed by atoms with Gasteiger partial charge in [-0.3, -0.25) is 9.78 Å². The molecule has 3 rings (SSSR count). The number of carbonyl (C=O) groups is 1. The Morgan fingerprint density at radius 2 is 1.86 bits per heavy atom. The minimum absolute atomic E-state index is 0.0165. The van der Waals surface area contributed by atoms with Crippen LogP contribution < -0.4 is 14.8 Å². The zero-order chi connectivity index (χ0) is 20.0. The maximum absolute atomic E-state index is 12.9. The minimum atomic E-state index is -3.79. The predicted octanol–water partition coefficient (Wildman–Crippen LogP) is 2.63. The fraction of sp³-hybridized carbons (Fsp3) is 0.400. The van der Waals surface area contributed by atoms with Crippen molar-refractivity contribution in [1.82, 2.24) is 15.0 Å². The van der Waals surface area contributed by atoms with E-state index in [4.69, 9.17) is 4.74 Å². The number of nitrogens with zero attached hydrogens (tertiary/aromatic N) is 1. The van der Waals surface area contributed by atoms with Gasteiger partial charge < -0.3 is 10.1 Å². The van der Waals surface area contributed by atoms with Gasteiger partial charge in [0.2, 0.25) is 10.0 Å². The fourth-order valence-corrected chi connectivity index (χ4v) is 4.82. The van der Waals surface area contributed by atoms with Gasteiger partial charge in [-0.25, -0.2) is 13.1 Å². The van der Waals surface area contributed by atoms with Gasteiger partial charge >= 0.3 is 0 Å². The number of rotatable bonds is 7. The first kappa shape index (κ1) is 20.3. The summed E-state index contributed by atoms with van der Waals surface area (Å²) in [6.07, 6.45) is 8.12. The quantitative estimate of drug-likeness (QED) is 0.741. The average molecular weight is 404 g/mol. The van der Waals surface area contributed by atoms with E-state index in [1.165, 1.54) is 19.2 Å². The van der Waals surface area contributed by atoms with E-state index < -0.39 is 10.0 Å². The predicted molar refractivity (Wildman–Crippen MR) is 106 cm³/mol. The number of carbonyl (C=O) groups excluding carboxylic acids is 1. The number of aromatic nitrogens is 1. The van der Waals surface area contributed by atoms with E-state index in [-0.39, 0.29) is 28.2 Å². The zero-order valence-electron chi connectivity index (χ0n) is 15.8. The lowest BCUT2D eigenvalue weighted by molar-refractivity contribution is 0.0950. The first-order valence-electron chi connectivity index (χ1n) is 9.37. The molecule has 7 nitrogen and oxygen atoms in total. The van der Waals surface area contributed by atoms with E-state index >= 15 is 0 Å². The zero-order valence-corrected chi connectivity index (χ0v) is 16.7.